The molecule has 0 aliphatic rings. The van der Waals surface area contributed by atoms with Crippen LogP contribution in [-0.4, -0.2) is 15.5 Å². The van der Waals surface area contributed by atoms with E-state index in [9.17, 15) is 10.2 Å². The first-order chi connectivity index (χ1) is 9.20. The molecule has 0 saturated heterocycles. The number of terminal acetylenes is 1. The van der Waals surface area contributed by atoms with Crippen LogP contribution in [0.1, 0.15) is 11.7 Å². The van der Waals surface area contributed by atoms with Gasteiger partial charge < -0.3 is 10.2 Å². The Kier molecular flexibility index (Phi) is 4.51. The van der Waals surface area contributed by atoms with E-state index < -0.39 is 6.10 Å². The molecule has 0 aromatic heterocycles. The van der Waals surface area contributed by atoms with Crippen molar-refractivity contribution >= 4 is 11.8 Å². The zero-order chi connectivity index (χ0) is 13.7. The smallest absolute Gasteiger partial charge is 0.115 e. The Hall–Kier alpha value is -1.89. The van der Waals surface area contributed by atoms with E-state index in [0.29, 0.717) is 5.56 Å². The first kappa shape index (κ1) is 13.5. The highest BCUT2D eigenvalue weighted by atomic mass is 32.2. The highest BCUT2D eigenvalue weighted by Gasteiger charge is 2.19. The third-order valence-corrected chi connectivity index (χ3v) is 3.88. The molecule has 0 amide bonds. The van der Waals surface area contributed by atoms with E-state index in [1.165, 1.54) is 11.8 Å². The lowest BCUT2D eigenvalue weighted by molar-refractivity contribution is 0.189. The van der Waals surface area contributed by atoms with Crippen LogP contribution < -0.4 is 0 Å². The number of hydrogen-bond donors (Lipinski definition) is 2. The third-order valence-electron chi connectivity index (χ3n) is 2.69. The summed E-state index contributed by atoms with van der Waals surface area (Å²) in [7, 11) is 0. The SMILES string of the molecule is C#C[C@H](Sc1ccccc1)[C@H](O)c1ccc(O)cc1. The molecule has 2 nitrogen and oxygen atoms in total. The van der Waals surface area contributed by atoms with E-state index in [1.54, 1.807) is 24.3 Å². The Morgan fingerprint density at radius 2 is 1.63 bits per heavy atom. The van der Waals surface area contributed by atoms with Crippen molar-refractivity contribution in [3.63, 3.8) is 0 Å². The van der Waals surface area contributed by atoms with Crippen molar-refractivity contribution in [3.8, 4) is 18.1 Å². The van der Waals surface area contributed by atoms with Crippen LogP contribution in [-0.2, 0) is 0 Å². The molecule has 0 aliphatic carbocycles. The second-order valence-electron chi connectivity index (χ2n) is 4.05. The first-order valence-corrected chi connectivity index (χ1v) is 6.73. The van der Waals surface area contributed by atoms with E-state index in [4.69, 9.17) is 6.42 Å². The second-order valence-corrected chi connectivity index (χ2v) is 5.27. The molecule has 0 heterocycles. The summed E-state index contributed by atoms with van der Waals surface area (Å²) >= 11 is 1.45. The Balaban J connectivity index is 2.14. The summed E-state index contributed by atoms with van der Waals surface area (Å²) in [5.41, 5.74) is 0.698. The van der Waals surface area contributed by atoms with Crippen molar-refractivity contribution in [2.45, 2.75) is 16.2 Å². The molecule has 0 unspecified atom stereocenters. The lowest BCUT2D eigenvalue weighted by atomic mass is 10.1. The Morgan fingerprint density at radius 1 is 1.00 bits per heavy atom. The number of aliphatic hydroxyl groups is 1. The molecule has 2 N–H and O–H groups in total. The van der Waals surface area contributed by atoms with Crippen LogP contribution in [0.3, 0.4) is 0 Å². The maximum Gasteiger partial charge on any atom is 0.115 e. The number of aromatic hydroxyl groups is 1. The van der Waals surface area contributed by atoms with Gasteiger partial charge in [-0.25, -0.2) is 0 Å². The van der Waals surface area contributed by atoms with Crippen LogP contribution in [0.25, 0.3) is 0 Å². The van der Waals surface area contributed by atoms with Gasteiger partial charge in [-0.1, -0.05) is 36.3 Å². The van der Waals surface area contributed by atoms with Gasteiger partial charge >= 0.3 is 0 Å². The van der Waals surface area contributed by atoms with E-state index in [2.05, 4.69) is 5.92 Å². The summed E-state index contributed by atoms with van der Waals surface area (Å²) in [5.74, 6) is 2.78. The minimum absolute atomic E-state index is 0.170. The monoisotopic (exact) mass is 270 g/mol. The van der Waals surface area contributed by atoms with Crippen LogP contribution in [0.5, 0.6) is 5.75 Å². The van der Waals surface area contributed by atoms with E-state index in [0.717, 1.165) is 4.90 Å². The average Bonchev–Trinajstić information content (AvgIpc) is 2.46. The first-order valence-electron chi connectivity index (χ1n) is 5.85. The number of thioether (sulfide) groups is 1. The van der Waals surface area contributed by atoms with Gasteiger partial charge in [0, 0.05) is 4.90 Å². The highest BCUT2D eigenvalue weighted by Crippen LogP contribution is 2.32. The molecule has 0 radical (unpaired) electrons. The molecule has 0 aliphatic heterocycles. The number of benzene rings is 2. The number of rotatable bonds is 4. The van der Waals surface area contributed by atoms with E-state index in [-0.39, 0.29) is 11.0 Å². The van der Waals surface area contributed by atoms with Gasteiger partial charge in [0.05, 0.1) is 0 Å². The Labute approximate surface area is 117 Å². The lowest BCUT2D eigenvalue weighted by Crippen LogP contribution is -2.12. The van der Waals surface area contributed by atoms with Gasteiger partial charge in [0.15, 0.2) is 0 Å². The van der Waals surface area contributed by atoms with Gasteiger partial charge in [-0.05, 0) is 29.8 Å². The number of hydrogen-bond acceptors (Lipinski definition) is 3. The molecule has 2 aromatic rings. The summed E-state index contributed by atoms with van der Waals surface area (Å²) < 4.78 is 0. The third kappa shape index (κ3) is 3.54. The molecule has 96 valence electrons. The minimum atomic E-state index is -0.768. The molecule has 0 saturated carbocycles. The normalized spacial score (nSPS) is 13.5. The van der Waals surface area contributed by atoms with Crippen molar-refractivity contribution < 1.29 is 10.2 Å². The molecule has 2 rings (SSSR count). The summed E-state index contributed by atoms with van der Waals surface area (Å²) in [6.45, 7) is 0. The predicted octanol–water partition coefficient (Wildman–Crippen LogP) is 3.22. The number of aliphatic hydroxyl groups excluding tert-OH is 1. The van der Waals surface area contributed by atoms with Gasteiger partial charge in [0.1, 0.15) is 17.1 Å². The van der Waals surface area contributed by atoms with Gasteiger partial charge in [-0.15, -0.1) is 18.2 Å². The minimum Gasteiger partial charge on any atom is -0.508 e. The molecule has 0 bridgehead atoms. The standard InChI is InChI=1S/C16H14O2S/c1-2-15(19-14-6-4-3-5-7-14)16(18)12-8-10-13(17)11-9-12/h1,3-11,15-18H/t15-,16+/m0/s1. The van der Waals surface area contributed by atoms with Gasteiger partial charge in [-0.2, -0.15) is 0 Å². The summed E-state index contributed by atoms with van der Waals surface area (Å²) in [4.78, 5) is 1.02. The van der Waals surface area contributed by atoms with Gasteiger partial charge in [0.25, 0.3) is 0 Å². The summed E-state index contributed by atoms with van der Waals surface area (Å²) in [6.07, 6.45) is 4.74. The molecule has 3 heteroatoms. The van der Waals surface area contributed by atoms with Crippen LogP contribution >= 0.6 is 11.8 Å². The molecule has 0 fully saturated rings. The molecular formula is C16H14O2S. The van der Waals surface area contributed by atoms with Crippen molar-refractivity contribution in [1.82, 2.24) is 0 Å². The van der Waals surface area contributed by atoms with Crippen molar-refractivity contribution in [2.24, 2.45) is 0 Å². The van der Waals surface area contributed by atoms with Crippen LogP contribution in [0.15, 0.2) is 59.5 Å². The second kappa shape index (κ2) is 6.33. The van der Waals surface area contributed by atoms with Crippen LogP contribution in [0, 0.1) is 12.3 Å². The highest BCUT2D eigenvalue weighted by molar-refractivity contribution is 8.00. The lowest BCUT2D eigenvalue weighted by Gasteiger charge is -2.18. The van der Waals surface area contributed by atoms with Crippen molar-refractivity contribution in [3.05, 3.63) is 60.2 Å². The van der Waals surface area contributed by atoms with E-state index in [1.807, 2.05) is 30.3 Å². The van der Waals surface area contributed by atoms with Gasteiger partial charge in [-0.3, -0.25) is 0 Å². The molecule has 2 atom stereocenters. The predicted molar refractivity (Wildman–Crippen MR) is 78.0 cm³/mol. The summed E-state index contributed by atoms with van der Waals surface area (Å²) in [6, 6.07) is 16.2. The molecule has 2 aromatic carbocycles. The molecular weight excluding hydrogens is 256 g/mol. The van der Waals surface area contributed by atoms with Crippen LogP contribution in [0.2, 0.25) is 0 Å². The zero-order valence-corrected chi connectivity index (χ0v) is 11.0. The van der Waals surface area contributed by atoms with Crippen LogP contribution in [0.4, 0.5) is 0 Å². The average molecular weight is 270 g/mol. The number of phenolic OH excluding ortho intramolecular Hbond substituents is 1. The van der Waals surface area contributed by atoms with Crippen molar-refractivity contribution in [1.29, 1.82) is 0 Å². The Bertz CT molecular complexity index is 558. The topological polar surface area (TPSA) is 40.5 Å². The largest absolute Gasteiger partial charge is 0.508 e. The fraction of sp³-hybridized carbons (Fsp3) is 0.125. The Morgan fingerprint density at radius 3 is 2.21 bits per heavy atom. The zero-order valence-electron chi connectivity index (χ0n) is 10.2. The molecule has 19 heavy (non-hydrogen) atoms. The number of phenols is 1. The maximum atomic E-state index is 10.3. The van der Waals surface area contributed by atoms with Gasteiger partial charge in [0.2, 0.25) is 0 Å². The van der Waals surface area contributed by atoms with Crippen molar-refractivity contribution in [2.75, 3.05) is 0 Å². The fourth-order valence-electron chi connectivity index (χ4n) is 1.68. The fourth-order valence-corrected chi connectivity index (χ4v) is 2.64. The summed E-state index contributed by atoms with van der Waals surface area (Å²) in [5, 5.41) is 19.2. The quantitative estimate of drug-likeness (QED) is 0.662. The van der Waals surface area contributed by atoms with E-state index >= 15 is 0 Å². The molecule has 0 spiro atoms. The maximum absolute atomic E-state index is 10.3.